The number of rotatable bonds is 5. The van der Waals surface area contributed by atoms with Crippen molar-refractivity contribution in [2.24, 2.45) is 0 Å². The number of halogens is 1. The molecular weight excluding hydrogens is 316 g/mol. The summed E-state index contributed by atoms with van der Waals surface area (Å²) < 4.78 is 5.73. The van der Waals surface area contributed by atoms with Gasteiger partial charge in [-0.25, -0.2) is 4.98 Å². The first-order valence-corrected chi connectivity index (χ1v) is 7.02. The molecule has 2 N–H and O–H groups in total. The maximum absolute atomic E-state index is 9.70. The molecule has 0 aliphatic rings. The number of ether oxygens (including phenoxy) is 1. The second kappa shape index (κ2) is 6.17. The van der Waals surface area contributed by atoms with Crippen molar-refractivity contribution in [2.45, 2.75) is 13.1 Å². The number of thiazole rings is 1. The Kier molecular flexibility index (Phi) is 4.57. The largest absolute Gasteiger partial charge is 0.503 e. The molecule has 1 aromatic carbocycles. The summed E-state index contributed by atoms with van der Waals surface area (Å²) in [4.78, 5) is 4.19. The smallest absolute Gasteiger partial charge is 0.172 e. The molecule has 0 aliphatic carbocycles. The van der Waals surface area contributed by atoms with Crippen LogP contribution in [0.3, 0.4) is 0 Å². The maximum atomic E-state index is 9.70. The van der Waals surface area contributed by atoms with Gasteiger partial charge in [0, 0.05) is 24.7 Å². The van der Waals surface area contributed by atoms with E-state index in [0.29, 0.717) is 16.8 Å². The van der Waals surface area contributed by atoms with Gasteiger partial charge in [-0.2, -0.15) is 0 Å². The fourth-order valence-electron chi connectivity index (χ4n) is 1.54. The van der Waals surface area contributed by atoms with Crippen LogP contribution in [0.4, 0.5) is 0 Å². The van der Waals surface area contributed by atoms with Gasteiger partial charge in [-0.15, -0.1) is 11.3 Å². The highest BCUT2D eigenvalue weighted by atomic mass is 79.9. The number of benzene rings is 1. The molecule has 0 aliphatic heterocycles. The fraction of sp³-hybridized carbons (Fsp3) is 0.250. The number of aromatic hydroxyl groups is 1. The zero-order valence-electron chi connectivity index (χ0n) is 9.81. The molecule has 2 aromatic rings. The number of hydrogen-bond acceptors (Lipinski definition) is 5. The topological polar surface area (TPSA) is 54.4 Å². The lowest BCUT2D eigenvalue weighted by Gasteiger charge is -2.09. The normalized spacial score (nSPS) is 10.6. The average Bonchev–Trinajstić information content (AvgIpc) is 2.86. The molecule has 1 aromatic heterocycles. The standard InChI is InChI=1S/C12H13BrN2O2S/c1-17-10-5-8(4-9(13)12(10)16)6-14-7-11-15-2-3-18-11/h2-5,14,16H,6-7H2,1H3. The minimum atomic E-state index is 0.126. The number of aromatic nitrogens is 1. The highest BCUT2D eigenvalue weighted by Crippen LogP contribution is 2.35. The number of phenols is 1. The van der Waals surface area contributed by atoms with E-state index in [2.05, 4.69) is 26.2 Å². The third-order valence-electron chi connectivity index (χ3n) is 2.40. The van der Waals surface area contributed by atoms with Gasteiger partial charge in [0.25, 0.3) is 0 Å². The lowest BCUT2D eigenvalue weighted by Crippen LogP contribution is -2.12. The van der Waals surface area contributed by atoms with Gasteiger partial charge in [-0.05, 0) is 33.6 Å². The molecule has 18 heavy (non-hydrogen) atoms. The SMILES string of the molecule is COc1cc(CNCc2nccs2)cc(Br)c1O. The molecule has 96 valence electrons. The molecule has 0 saturated heterocycles. The first-order valence-electron chi connectivity index (χ1n) is 5.35. The van der Waals surface area contributed by atoms with Crippen LogP contribution < -0.4 is 10.1 Å². The first kappa shape index (κ1) is 13.3. The molecule has 0 amide bonds. The summed E-state index contributed by atoms with van der Waals surface area (Å²) in [5.74, 6) is 0.594. The molecule has 0 saturated carbocycles. The Hall–Kier alpha value is -1.11. The highest BCUT2D eigenvalue weighted by Gasteiger charge is 2.08. The van der Waals surface area contributed by atoms with Gasteiger partial charge < -0.3 is 15.2 Å². The van der Waals surface area contributed by atoms with Crippen LogP contribution in [-0.2, 0) is 13.1 Å². The van der Waals surface area contributed by atoms with E-state index in [9.17, 15) is 5.11 Å². The lowest BCUT2D eigenvalue weighted by molar-refractivity contribution is 0.371. The lowest BCUT2D eigenvalue weighted by atomic mass is 10.2. The Labute approximate surface area is 118 Å². The van der Waals surface area contributed by atoms with E-state index in [4.69, 9.17) is 4.74 Å². The monoisotopic (exact) mass is 328 g/mol. The Morgan fingerprint density at radius 2 is 2.28 bits per heavy atom. The van der Waals surface area contributed by atoms with Gasteiger partial charge in [0.05, 0.1) is 11.6 Å². The van der Waals surface area contributed by atoms with Crippen molar-refractivity contribution in [1.29, 1.82) is 0 Å². The number of nitrogens with zero attached hydrogens (tertiary/aromatic N) is 1. The number of phenolic OH excluding ortho intramolecular Hbond substituents is 1. The summed E-state index contributed by atoms with van der Waals surface area (Å²) in [5, 5.41) is 16.0. The average molecular weight is 329 g/mol. The van der Waals surface area contributed by atoms with E-state index in [1.54, 1.807) is 17.5 Å². The minimum Gasteiger partial charge on any atom is -0.503 e. The summed E-state index contributed by atoms with van der Waals surface area (Å²) in [7, 11) is 1.54. The van der Waals surface area contributed by atoms with E-state index in [-0.39, 0.29) is 5.75 Å². The van der Waals surface area contributed by atoms with Gasteiger partial charge in [-0.1, -0.05) is 0 Å². The van der Waals surface area contributed by atoms with Crippen LogP contribution in [0.1, 0.15) is 10.6 Å². The second-order valence-electron chi connectivity index (χ2n) is 3.66. The molecular formula is C12H13BrN2O2S. The Bertz CT molecular complexity index is 517. The molecule has 2 rings (SSSR count). The van der Waals surface area contributed by atoms with Crippen molar-refractivity contribution < 1.29 is 9.84 Å². The van der Waals surface area contributed by atoms with Gasteiger partial charge in [-0.3, -0.25) is 0 Å². The van der Waals surface area contributed by atoms with Crippen molar-refractivity contribution in [1.82, 2.24) is 10.3 Å². The summed E-state index contributed by atoms with van der Waals surface area (Å²) >= 11 is 4.92. The molecule has 1 heterocycles. The first-order chi connectivity index (χ1) is 8.70. The van der Waals surface area contributed by atoms with Crippen molar-refractivity contribution in [2.75, 3.05) is 7.11 Å². The van der Waals surface area contributed by atoms with Crippen LogP contribution in [0.2, 0.25) is 0 Å². The predicted molar refractivity (Wildman–Crippen MR) is 75.0 cm³/mol. The molecule has 6 heteroatoms. The van der Waals surface area contributed by atoms with Crippen LogP contribution in [0.15, 0.2) is 28.2 Å². The zero-order valence-corrected chi connectivity index (χ0v) is 12.2. The summed E-state index contributed by atoms with van der Waals surface area (Å²) in [6, 6.07) is 3.68. The molecule has 0 bridgehead atoms. The fourth-order valence-corrected chi connectivity index (χ4v) is 2.61. The van der Waals surface area contributed by atoms with Gasteiger partial charge >= 0.3 is 0 Å². The Morgan fingerprint density at radius 1 is 1.44 bits per heavy atom. The quantitative estimate of drug-likeness (QED) is 0.886. The molecule has 4 nitrogen and oxygen atoms in total. The predicted octanol–water partition coefficient (Wildman–Crippen LogP) is 2.91. The van der Waals surface area contributed by atoms with E-state index in [1.165, 1.54) is 7.11 Å². The van der Waals surface area contributed by atoms with Crippen LogP contribution in [-0.4, -0.2) is 17.2 Å². The van der Waals surface area contributed by atoms with Crippen LogP contribution >= 0.6 is 27.3 Å². The summed E-state index contributed by atoms with van der Waals surface area (Å²) in [6.45, 7) is 1.42. The van der Waals surface area contributed by atoms with Gasteiger partial charge in [0.15, 0.2) is 11.5 Å². The molecule has 0 fully saturated rings. The number of methoxy groups -OCH3 is 1. The zero-order chi connectivity index (χ0) is 13.0. The van der Waals surface area contributed by atoms with E-state index in [0.717, 1.165) is 17.1 Å². The maximum Gasteiger partial charge on any atom is 0.172 e. The van der Waals surface area contributed by atoms with Crippen LogP contribution in [0.25, 0.3) is 0 Å². The summed E-state index contributed by atoms with van der Waals surface area (Å²) in [5.41, 5.74) is 1.04. The Morgan fingerprint density at radius 3 is 2.94 bits per heavy atom. The van der Waals surface area contributed by atoms with Gasteiger partial charge in [0.2, 0.25) is 0 Å². The third kappa shape index (κ3) is 3.22. The van der Waals surface area contributed by atoms with E-state index in [1.807, 2.05) is 17.5 Å². The van der Waals surface area contributed by atoms with Crippen LogP contribution in [0.5, 0.6) is 11.5 Å². The molecule has 0 spiro atoms. The number of nitrogens with one attached hydrogen (secondary N) is 1. The van der Waals surface area contributed by atoms with E-state index >= 15 is 0 Å². The van der Waals surface area contributed by atoms with Gasteiger partial charge in [0.1, 0.15) is 5.01 Å². The molecule has 0 unspecified atom stereocenters. The number of hydrogen-bond donors (Lipinski definition) is 2. The minimum absolute atomic E-state index is 0.126. The highest BCUT2D eigenvalue weighted by molar-refractivity contribution is 9.10. The van der Waals surface area contributed by atoms with Crippen molar-refractivity contribution in [3.05, 3.63) is 38.8 Å². The van der Waals surface area contributed by atoms with Crippen molar-refractivity contribution in [3.63, 3.8) is 0 Å². The third-order valence-corrected chi connectivity index (χ3v) is 3.78. The molecule has 0 radical (unpaired) electrons. The van der Waals surface area contributed by atoms with E-state index < -0.39 is 0 Å². The van der Waals surface area contributed by atoms with Crippen molar-refractivity contribution >= 4 is 27.3 Å². The molecule has 0 atom stereocenters. The summed E-state index contributed by atoms with van der Waals surface area (Å²) in [6.07, 6.45) is 1.79. The Balaban J connectivity index is 1.99. The van der Waals surface area contributed by atoms with Crippen LogP contribution in [0, 0.1) is 0 Å². The van der Waals surface area contributed by atoms with Crippen molar-refractivity contribution in [3.8, 4) is 11.5 Å². The second-order valence-corrected chi connectivity index (χ2v) is 5.49.